The largest absolute Gasteiger partial charge is 0.339 e. The Morgan fingerprint density at radius 1 is 1.19 bits per heavy atom. The van der Waals surface area contributed by atoms with Gasteiger partial charge < -0.3 is 5.32 Å². The number of nitrogens with one attached hydrogen (secondary N) is 2. The molecule has 0 saturated heterocycles. The van der Waals surface area contributed by atoms with E-state index in [1.54, 1.807) is 6.21 Å². The van der Waals surface area contributed by atoms with E-state index >= 15 is 0 Å². The monoisotopic (exact) mass is 345 g/mol. The van der Waals surface area contributed by atoms with Crippen molar-refractivity contribution < 1.29 is 4.79 Å². The number of urea groups is 1. The second kappa shape index (κ2) is 7.04. The Balaban J connectivity index is 1.91. The smallest absolute Gasteiger partial charge is 0.307 e. The Kier molecular flexibility index (Phi) is 5.11. The molecule has 2 aromatic rings. The first kappa shape index (κ1) is 15.3. The van der Waals surface area contributed by atoms with E-state index in [9.17, 15) is 4.79 Å². The van der Waals surface area contributed by atoms with Gasteiger partial charge in [-0.15, -0.1) is 0 Å². The maximum Gasteiger partial charge on any atom is 0.339 e. The molecule has 0 bridgehead atoms. The van der Waals surface area contributed by atoms with E-state index in [-0.39, 0.29) is 6.03 Å². The molecule has 2 N–H and O–H groups in total. The van der Waals surface area contributed by atoms with Crippen molar-refractivity contribution in [3.05, 3.63) is 63.6 Å². The SMILES string of the molecule is Cc1cccc(/C=N/NC(=O)Nc2ccc(Br)c(C)c2)c1. The van der Waals surface area contributed by atoms with Crippen molar-refractivity contribution in [1.82, 2.24) is 5.43 Å². The molecular formula is C16H16BrN3O. The van der Waals surface area contributed by atoms with Crippen LogP contribution in [0.3, 0.4) is 0 Å². The van der Waals surface area contributed by atoms with Crippen LogP contribution in [0.25, 0.3) is 0 Å². The number of carbonyl (C=O) groups excluding carboxylic acids is 1. The normalized spacial score (nSPS) is 10.6. The van der Waals surface area contributed by atoms with E-state index in [2.05, 4.69) is 31.8 Å². The summed E-state index contributed by atoms with van der Waals surface area (Å²) in [7, 11) is 0. The number of nitrogens with zero attached hydrogens (tertiary/aromatic N) is 1. The third kappa shape index (κ3) is 4.72. The van der Waals surface area contributed by atoms with Gasteiger partial charge >= 0.3 is 6.03 Å². The van der Waals surface area contributed by atoms with Gasteiger partial charge in [-0.2, -0.15) is 5.10 Å². The van der Waals surface area contributed by atoms with Crippen LogP contribution in [0.15, 0.2) is 52.0 Å². The fraction of sp³-hybridized carbons (Fsp3) is 0.125. The van der Waals surface area contributed by atoms with Crippen molar-refractivity contribution in [2.24, 2.45) is 5.10 Å². The van der Waals surface area contributed by atoms with Crippen LogP contribution in [-0.2, 0) is 0 Å². The molecule has 0 aliphatic rings. The molecule has 0 fully saturated rings. The maximum absolute atomic E-state index is 11.7. The second-order valence-electron chi connectivity index (χ2n) is 4.70. The molecule has 2 rings (SSSR count). The van der Waals surface area contributed by atoms with Crippen LogP contribution in [-0.4, -0.2) is 12.2 Å². The number of carbonyl (C=O) groups is 1. The third-order valence-electron chi connectivity index (χ3n) is 2.84. The first-order chi connectivity index (χ1) is 10.0. The van der Waals surface area contributed by atoms with Crippen molar-refractivity contribution in [3.8, 4) is 0 Å². The molecule has 0 radical (unpaired) electrons. The van der Waals surface area contributed by atoms with Gasteiger partial charge in [0.15, 0.2) is 0 Å². The summed E-state index contributed by atoms with van der Waals surface area (Å²) in [6.07, 6.45) is 1.61. The summed E-state index contributed by atoms with van der Waals surface area (Å²) in [6, 6.07) is 13.1. The van der Waals surface area contributed by atoms with E-state index in [0.717, 1.165) is 26.9 Å². The van der Waals surface area contributed by atoms with Gasteiger partial charge in [0.2, 0.25) is 0 Å². The molecule has 21 heavy (non-hydrogen) atoms. The Bertz CT molecular complexity index is 683. The van der Waals surface area contributed by atoms with Crippen LogP contribution in [0.4, 0.5) is 10.5 Å². The molecule has 0 heterocycles. The van der Waals surface area contributed by atoms with Gasteiger partial charge in [-0.05, 0) is 43.2 Å². The molecule has 108 valence electrons. The van der Waals surface area contributed by atoms with Crippen molar-refractivity contribution in [2.75, 3.05) is 5.32 Å². The highest BCUT2D eigenvalue weighted by atomic mass is 79.9. The van der Waals surface area contributed by atoms with E-state index in [4.69, 9.17) is 0 Å². The average molecular weight is 346 g/mol. The van der Waals surface area contributed by atoms with Gasteiger partial charge in [-0.3, -0.25) is 0 Å². The van der Waals surface area contributed by atoms with Gasteiger partial charge in [0.25, 0.3) is 0 Å². The highest BCUT2D eigenvalue weighted by molar-refractivity contribution is 9.10. The molecule has 0 aromatic heterocycles. The zero-order valence-electron chi connectivity index (χ0n) is 11.9. The lowest BCUT2D eigenvalue weighted by Crippen LogP contribution is -2.24. The summed E-state index contributed by atoms with van der Waals surface area (Å²) in [5, 5.41) is 6.65. The molecule has 0 aliphatic heterocycles. The lowest BCUT2D eigenvalue weighted by Gasteiger charge is -2.06. The maximum atomic E-state index is 11.7. The number of halogens is 1. The minimum Gasteiger partial charge on any atom is -0.307 e. The number of hydrogen-bond donors (Lipinski definition) is 2. The quantitative estimate of drug-likeness (QED) is 0.634. The summed E-state index contributed by atoms with van der Waals surface area (Å²) in [5.74, 6) is 0. The molecule has 0 spiro atoms. The predicted octanol–water partition coefficient (Wildman–Crippen LogP) is 4.22. The molecule has 0 saturated carbocycles. The predicted molar refractivity (Wildman–Crippen MR) is 89.8 cm³/mol. The van der Waals surface area contributed by atoms with Crippen LogP contribution in [0.2, 0.25) is 0 Å². The number of anilines is 1. The fourth-order valence-electron chi connectivity index (χ4n) is 1.80. The Hall–Kier alpha value is -2.14. The highest BCUT2D eigenvalue weighted by Crippen LogP contribution is 2.19. The van der Waals surface area contributed by atoms with Gasteiger partial charge in [-0.1, -0.05) is 45.8 Å². The molecule has 0 unspecified atom stereocenters. The van der Waals surface area contributed by atoms with Crippen molar-refractivity contribution in [2.45, 2.75) is 13.8 Å². The first-order valence-corrected chi connectivity index (χ1v) is 7.27. The Labute approximate surface area is 132 Å². The molecule has 5 heteroatoms. The number of hydrogen-bond acceptors (Lipinski definition) is 2. The minimum absolute atomic E-state index is 0.374. The Morgan fingerprint density at radius 3 is 2.71 bits per heavy atom. The molecule has 0 aliphatic carbocycles. The molecule has 2 aromatic carbocycles. The highest BCUT2D eigenvalue weighted by Gasteiger charge is 2.01. The minimum atomic E-state index is -0.374. The van der Waals surface area contributed by atoms with E-state index in [1.807, 2.05) is 56.3 Å². The number of amides is 2. The third-order valence-corrected chi connectivity index (χ3v) is 3.73. The van der Waals surface area contributed by atoms with Gasteiger partial charge in [-0.25, -0.2) is 10.2 Å². The molecule has 2 amide bonds. The van der Waals surface area contributed by atoms with Gasteiger partial charge in [0.05, 0.1) is 6.21 Å². The lowest BCUT2D eigenvalue weighted by molar-refractivity contribution is 0.252. The van der Waals surface area contributed by atoms with E-state index in [1.165, 1.54) is 0 Å². The molecule has 0 atom stereocenters. The summed E-state index contributed by atoms with van der Waals surface area (Å²) < 4.78 is 1.01. The molecular weight excluding hydrogens is 330 g/mol. The molecule has 4 nitrogen and oxygen atoms in total. The summed E-state index contributed by atoms with van der Waals surface area (Å²) >= 11 is 3.42. The zero-order valence-corrected chi connectivity index (χ0v) is 13.4. The number of benzene rings is 2. The van der Waals surface area contributed by atoms with Crippen molar-refractivity contribution in [3.63, 3.8) is 0 Å². The summed E-state index contributed by atoms with van der Waals surface area (Å²) in [6.45, 7) is 3.97. The number of rotatable bonds is 3. The fourth-order valence-corrected chi connectivity index (χ4v) is 2.04. The summed E-state index contributed by atoms with van der Waals surface area (Å²) in [5.41, 5.74) is 6.30. The van der Waals surface area contributed by atoms with Gasteiger partial charge in [0, 0.05) is 10.2 Å². The number of hydrazone groups is 1. The van der Waals surface area contributed by atoms with E-state index < -0.39 is 0 Å². The standard InChI is InChI=1S/C16H16BrN3O/c1-11-4-3-5-13(8-11)10-18-20-16(21)19-14-6-7-15(17)12(2)9-14/h3-10H,1-2H3,(H2,19,20,21)/b18-10+. The topological polar surface area (TPSA) is 53.5 Å². The second-order valence-corrected chi connectivity index (χ2v) is 5.56. The van der Waals surface area contributed by atoms with Crippen molar-refractivity contribution >= 4 is 33.9 Å². The van der Waals surface area contributed by atoms with E-state index in [0.29, 0.717) is 0 Å². The lowest BCUT2D eigenvalue weighted by atomic mass is 10.2. The van der Waals surface area contributed by atoms with Crippen LogP contribution in [0, 0.1) is 13.8 Å². The zero-order chi connectivity index (χ0) is 15.2. The summed E-state index contributed by atoms with van der Waals surface area (Å²) in [4.78, 5) is 11.7. The van der Waals surface area contributed by atoms with Gasteiger partial charge in [0.1, 0.15) is 0 Å². The van der Waals surface area contributed by atoms with Crippen LogP contribution < -0.4 is 10.7 Å². The number of aryl methyl sites for hydroxylation is 2. The first-order valence-electron chi connectivity index (χ1n) is 6.47. The van der Waals surface area contributed by atoms with Crippen LogP contribution in [0.1, 0.15) is 16.7 Å². The van der Waals surface area contributed by atoms with Crippen molar-refractivity contribution in [1.29, 1.82) is 0 Å². The average Bonchev–Trinajstić information content (AvgIpc) is 2.43. The van der Waals surface area contributed by atoms with Crippen LogP contribution in [0.5, 0.6) is 0 Å². The Morgan fingerprint density at radius 2 is 2.00 bits per heavy atom. The van der Waals surface area contributed by atoms with Crippen LogP contribution >= 0.6 is 15.9 Å².